The minimum atomic E-state index is -0.195. The number of hydrogen-bond acceptors (Lipinski definition) is 2. The number of anilines is 1. The predicted octanol–water partition coefficient (Wildman–Crippen LogP) is 4.05. The average molecular weight is 305 g/mol. The van der Waals surface area contributed by atoms with E-state index in [4.69, 9.17) is 28.5 Å². The van der Waals surface area contributed by atoms with E-state index in [0.717, 1.165) is 5.56 Å². The lowest BCUT2D eigenvalue weighted by atomic mass is 10.1. The third-order valence-electron chi connectivity index (χ3n) is 2.68. The first-order valence-electron chi connectivity index (χ1n) is 5.83. The fraction of sp³-hybridized carbons (Fsp3) is 0.0667. The van der Waals surface area contributed by atoms with Crippen molar-refractivity contribution in [3.63, 3.8) is 0 Å². The molecular formula is C15H10Cl2N2O. The van der Waals surface area contributed by atoms with Gasteiger partial charge in [0.05, 0.1) is 17.0 Å². The molecule has 20 heavy (non-hydrogen) atoms. The molecule has 0 radical (unpaired) electrons. The van der Waals surface area contributed by atoms with Crippen LogP contribution in [0.1, 0.15) is 11.1 Å². The summed E-state index contributed by atoms with van der Waals surface area (Å²) >= 11 is 11.9. The molecule has 0 atom stereocenters. The Kier molecular flexibility index (Phi) is 4.62. The summed E-state index contributed by atoms with van der Waals surface area (Å²) in [6.45, 7) is 0. The van der Waals surface area contributed by atoms with Crippen LogP contribution >= 0.6 is 23.2 Å². The number of amides is 1. The van der Waals surface area contributed by atoms with Crippen LogP contribution < -0.4 is 5.32 Å². The Morgan fingerprint density at radius 2 is 1.90 bits per heavy atom. The Balaban J connectivity index is 2.07. The zero-order valence-electron chi connectivity index (χ0n) is 10.4. The van der Waals surface area contributed by atoms with Gasteiger partial charge in [0.2, 0.25) is 5.91 Å². The van der Waals surface area contributed by atoms with Crippen molar-refractivity contribution in [2.24, 2.45) is 0 Å². The molecule has 5 heteroatoms. The molecule has 0 aliphatic heterocycles. The first-order valence-corrected chi connectivity index (χ1v) is 6.58. The van der Waals surface area contributed by atoms with Crippen molar-refractivity contribution in [1.82, 2.24) is 0 Å². The average Bonchev–Trinajstić information content (AvgIpc) is 2.41. The van der Waals surface area contributed by atoms with Gasteiger partial charge in [0.15, 0.2) is 0 Å². The maximum Gasteiger partial charge on any atom is 0.228 e. The third-order valence-corrected chi connectivity index (χ3v) is 3.36. The summed E-state index contributed by atoms with van der Waals surface area (Å²) in [7, 11) is 0. The van der Waals surface area contributed by atoms with E-state index in [1.165, 1.54) is 0 Å². The number of nitriles is 1. The summed E-state index contributed by atoms with van der Waals surface area (Å²) in [5.74, 6) is -0.195. The Bertz CT molecular complexity index is 693. The van der Waals surface area contributed by atoms with E-state index in [2.05, 4.69) is 5.32 Å². The van der Waals surface area contributed by atoms with E-state index in [9.17, 15) is 4.79 Å². The van der Waals surface area contributed by atoms with Crippen molar-refractivity contribution in [3.05, 3.63) is 63.6 Å². The number of carbonyl (C=O) groups is 1. The third kappa shape index (κ3) is 3.51. The largest absolute Gasteiger partial charge is 0.326 e. The van der Waals surface area contributed by atoms with Gasteiger partial charge in [0, 0.05) is 10.7 Å². The molecule has 2 rings (SSSR count). The first kappa shape index (κ1) is 14.4. The highest BCUT2D eigenvalue weighted by Crippen LogP contribution is 2.21. The maximum atomic E-state index is 11.9. The van der Waals surface area contributed by atoms with Gasteiger partial charge in [-0.1, -0.05) is 41.4 Å². The van der Waals surface area contributed by atoms with Crippen molar-refractivity contribution in [2.45, 2.75) is 6.42 Å². The second-order valence-electron chi connectivity index (χ2n) is 4.12. The molecule has 1 amide bonds. The topological polar surface area (TPSA) is 52.9 Å². The Morgan fingerprint density at radius 3 is 2.55 bits per heavy atom. The maximum absolute atomic E-state index is 11.9. The molecule has 3 nitrogen and oxygen atoms in total. The summed E-state index contributed by atoms with van der Waals surface area (Å²) in [6, 6.07) is 13.9. The molecule has 0 aliphatic rings. The van der Waals surface area contributed by atoms with Crippen LogP contribution in [-0.4, -0.2) is 5.91 Å². The number of benzene rings is 2. The number of carbonyl (C=O) groups excluding carboxylic acids is 1. The van der Waals surface area contributed by atoms with Crippen molar-refractivity contribution in [3.8, 4) is 6.07 Å². The summed E-state index contributed by atoms with van der Waals surface area (Å²) in [5, 5.41) is 12.4. The minimum Gasteiger partial charge on any atom is -0.326 e. The zero-order chi connectivity index (χ0) is 14.5. The molecule has 0 saturated carbocycles. The zero-order valence-corrected chi connectivity index (χ0v) is 11.9. The molecule has 100 valence electrons. The lowest BCUT2D eigenvalue weighted by Gasteiger charge is -2.07. The van der Waals surface area contributed by atoms with Crippen molar-refractivity contribution in [1.29, 1.82) is 5.26 Å². The van der Waals surface area contributed by atoms with Gasteiger partial charge in [-0.05, 0) is 29.8 Å². The molecule has 1 N–H and O–H groups in total. The van der Waals surface area contributed by atoms with Crippen LogP contribution in [0, 0.1) is 11.3 Å². The van der Waals surface area contributed by atoms with Gasteiger partial charge in [0.1, 0.15) is 6.07 Å². The van der Waals surface area contributed by atoms with Crippen LogP contribution in [0.25, 0.3) is 0 Å². The highest BCUT2D eigenvalue weighted by Gasteiger charge is 2.08. The number of nitrogens with zero attached hydrogens (tertiary/aromatic N) is 1. The smallest absolute Gasteiger partial charge is 0.228 e. The van der Waals surface area contributed by atoms with Crippen LogP contribution in [0.3, 0.4) is 0 Å². The second-order valence-corrected chi connectivity index (χ2v) is 4.94. The Hall–Kier alpha value is -2.02. The summed E-state index contributed by atoms with van der Waals surface area (Å²) < 4.78 is 0. The molecule has 0 saturated heterocycles. The van der Waals surface area contributed by atoms with Gasteiger partial charge >= 0.3 is 0 Å². The van der Waals surface area contributed by atoms with Gasteiger partial charge in [-0.3, -0.25) is 4.79 Å². The van der Waals surface area contributed by atoms with Crippen LogP contribution in [0.2, 0.25) is 10.0 Å². The van der Waals surface area contributed by atoms with Crippen LogP contribution in [0.5, 0.6) is 0 Å². The van der Waals surface area contributed by atoms with E-state index >= 15 is 0 Å². The highest BCUT2D eigenvalue weighted by molar-refractivity contribution is 6.32. The summed E-state index contributed by atoms with van der Waals surface area (Å²) in [6.07, 6.45) is 0.178. The number of halogens is 2. The van der Waals surface area contributed by atoms with E-state index in [1.54, 1.807) is 30.3 Å². The van der Waals surface area contributed by atoms with Crippen LogP contribution in [0.15, 0.2) is 42.5 Å². The van der Waals surface area contributed by atoms with Crippen molar-refractivity contribution in [2.75, 3.05) is 5.32 Å². The van der Waals surface area contributed by atoms with Gasteiger partial charge in [0.25, 0.3) is 0 Å². The van der Waals surface area contributed by atoms with Gasteiger partial charge in [-0.15, -0.1) is 0 Å². The standard InChI is InChI=1S/C15H10Cl2N2O/c16-13-4-2-1-3-10(13)7-15(20)19-12-6-5-11(9-18)14(17)8-12/h1-6,8H,7H2,(H,19,20). The molecule has 0 aromatic heterocycles. The van der Waals surface area contributed by atoms with E-state index in [0.29, 0.717) is 21.3 Å². The highest BCUT2D eigenvalue weighted by atomic mass is 35.5. The predicted molar refractivity (Wildman–Crippen MR) is 80.0 cm³/mol. The molecule has 0 spiro atoms. The normalized spacial score (nSPS) is 9.85. The van der Waals surface area contributed by atoms with Crippen molar-refractivity contribution >= 4 is 34.8 Å². The SMILES string of the molecule is N#Cc1ccc(NC(=O)Cc2ccccc2Cl)cc1Cl. The lowest BCUT2D eigenvalue weighted by Crippen LogP contribution is -2.14. The fourth-order valence-corrected chi connectivity index (χ4v) is 2.13. The molecule has 0 fully saturated rings. The second kappa shape index (κ2) is 6.42. The Labute approximate surface area is 126 Å². The van der Waals surface area contributed by atoms with E-state index < -0.39 is 0 Å². The van der Waals surface area contributed by atoms with Crippen LogP contribution in [-0.2, 0) is 11.2 Å². The van der Waals surface area contributed by atoms with Crippen molar-refractivity contribution < 1.29 is 4.79 Å². The lowest BCUT2D eigenvalue weighted by molar-refractivity contribution is -0.115. The molecule has 2 aromatic rings. The monoisotopic (exact) mass is 304 g/mol. The molecule has 0 bridgehead atoms. The quantitative estimate of drug-likeness (QED) is 0.930. The summed E-state index contributed by atoms with van der Waals surface area (Å²) in [4.78, 5) is 11.9. The van der Waals surface area contributed by atoms with Gasteiger partial charge in [-0.2, -0.15) is 5.26 Å². The molecular weight excluding hydrogens is 295 g/mol. The number of hydrogen-bond donors (Lipinski definition) is 1. The first-order chi connectivity index (χ1) is 9.60. The summed E-state index contributed by atoms with van der Waals surface area (Å²) in [5.41, 5.74) is 1.67. The van der Waals surface area contributed by atoms with E-state index in [-0.39, 0.29) is 12.3 Å². The molecule has 0 aliphatic carbocycles. The number of rotatable bonds is 3. The van der Waals surface area contributed by atoms with Gasteiger partial charge < -0.3 is 5.32 Å². The Morgan fingerprint density at radius 1 is 1.15 bits per heavy atom. The fourth-order valence-electron chi connectivity index (χ4n) is 1.70. The van der Waals surface area contributed by atoms with Crippen LogP contribution in [0.4, 0.5) is 5.69 Å². The molecule has 2 aromatic carbocycles. The number of nitrogens with one attached hydrogen (secondary N) is 1. The minimum absolute atomic E-state index is 0.178. The molecule has 0 unspecified atom stereocenters. The molecule has 0 heterocycles. The van der Waals surface area contributed by atoms with E-state index in [1.807, 2.05) is 18.2 Å². The van der Waals surface area contributed by atoms with Gasteiger partial charge in [-0.25, -0.2) is 0 Å².